The van der Waals surface area contributed by atoms with Crippen molar-refractivity contribution in [3.63, 3.8) is 0 Å². The van der Waals surface area contributed by atoms with Gasteiger partial charge in [-0.15, -0.1) is 0 Å². The van der Waals surface area contributed by atoms with E-state index in [1.807, 2.05) is 69.3 Å². The highest BCUT2D eigenvalue weighted by Gasteiger charge is 2.25. The van der Waals surface area contributed by atoms with Gasteiger partial charge in [-0.3, -0.25) is 9.59 Å². The average Bonchev–Trinajstić information content (AvgIpc) is 3.08. The van der Waals surface area contributed by atoms with Crippen LogP contribution in [0.2, 0.25) is 0 Å². The maximum atomic E-state index is 12.8. The molecule has 7 heteroatoms. The van der Waals surface area contributed by atoms with Gasteiger partial charge in [-0.1, -0.05) is 55.5 Å². The Bertz CT molecular complexity index is 985. The number of hydrogen-bond acceptors (Lipinski definition) is 5. The Morgan fingerprint density at radius 3 is 2.59 bits per heavy atom. The highest BCUT2D eigenvalue weighted by Crippen LogP contribution is 2.29. The summed E-state index contributed by atoms with van der Waals surface area (Å²) in [7, 11) is 0. The van der Waals surface area contributed by atoms with Gasteiger partial charge in [0.25, 0.3) is 0 Å². The third kappa shape index (κ3) is 5.54. The van der Waals surface area contributed by atoms with Gasteiger partial charge in [-0.25, -0.2) is 4.98 Å². The quantitative estimate of drug-likeness (QED) is 0.587. The Balaban J connectivity index is 1.67. The largest absolute Gasteiger partial charge is 0.494 e. The van der Waals surface area contributed by atoms with Crippen molar-refractivity contribution < 1.29 is 14.3 Å². The Morgan fingerprint density at radius 2 is 1.90 bits per heavy atom. The molecule has 1 atom stereocenters. The van der Waals surface area contributed by atoms with E-state index in [4.69, 9.17) is 4.74 Å². The summed E-state index contributed by atoms with van der Waals surface area (Å²) in [4.78, 5) is 29.7. The number of aromatic nitrogens is 1. The molecule has 3 aromatic rings. The van der Waals surface area contributed by atoms with E-state index in [1.165, 1.54) is 11.3 Å². The number of nitrogens with one attached hydrogen (secondary N) is 2. The zero-order chi connectivity index (χ0) is 20.8. The van der Waals surface area contributed by atoms with Gasteiger partial charge in [-0.2, -0.15) is 0 Å². The summed E-state index contributed by atoms with van der Waals surface area (Å²) >= 11 is 1.38. The van der Waals surface area contributed by atoms with Crippen molar-refractivity contribution in [2.75, 3.05) is 11.9 Å². The molecule has 0 aliphatic carbocycles. The lowest BCUT2D eigenvalue weighted by Gasteiger charge is -2.21. The zero-order valence-corrected chi connectivity index (χ0v) is 17.6. The summed E-state index contributed by atoms with van der Waals surface area (Å²) in [5.41, 5.74) is 1.70. The molecule has 1 heterocycles. The number of carbonyl (C=O) groups is 2. The summed E-state index contributed by atoms with van der Waals surface area (Å²) in [5, 5.41) is 6.20. The van der Waals surface area contributed by atoms with E-state index in [9.17, 15) is 9.59 Å². The molecule has 1 aromatic heterocycles. The van der Waals surface area contributed by atoms with Gasteiger partial charge in [0.2, 0.25) is 11.8 Å². The topological polar surface area (TPSA) is 80.3 Å². The number of hydrogen-bond donors (Lipinski definition) is 2. The fourth-order valence-electron chi connectivity index (χ4n) is 2.94. The van der Waals surface area contributed by atoms with Crippen LogP contribution in [0.1, 0.15) is 26.3 Å². The molecule has 0 saturated heterocycles. The maximum absolute atomic E-state index is 12.8. The first-order valence-corrected chi connectivity index (χ1v) is 10.5. The molecular weight excluding hydrogens is 386 g/mol. The number of nitrogens with zero attached hydrogens (tertiary/aromatic N) is 1. The second-order valence-corrected chi connectivity index (χ2v) is 8.05. The van der Waals surface area contributed by atoms with Gasteiger partial charge in [-0.05, 0) is 36.6 Å². The average molecular weight is 412 g/mol. The molecule has 29 heavy (non-hydrogen) atoms. The standard InChI is InChI=1S/C22H25N3O3S/c1-4-28-16-10-11-17-18(13-16)29-22(23-17)25-21(27)20(14(2)3)24-19(26)12-15-8-6-5-7-9-15/h5-11,13-14,20H,4,12H2,1-3H3,(H,24,26)(H,23,25,27). The zero-order valence-electron chi connectivity index (χ0n) is 16.8. The lowest BCUT2D eigenvalue weighted by molar-refractivity contribution is -0.127. The number of thiazole rings is 1. The molecule has 0 fully saturated rings. The smallest absolute Gasteiger partial charge is 0.248 e. The fraction of sp³-hybridized carbons (Fsp3) is 0.318. The van der Waals surface area contributed by atoms with E-state index < -0.39 is 6.04 Å². The Kier molecular flexibility index (Phi) is 6.82. The lowest BCUT2D eigenvalue weighted by Crippen LogP contribution is -2.47. The van der Waals surface area contributed by atoms with Crippen LogP contribution in [-0.4, -0.2) is 29.4 Å². The van der Waals surface area contributed by atoms with Crippen LogP contribution in [0.15, 0.2) is 48.5 Å². The first-order chi connectivity index (χ1) is 14.0. The van der Waals surface area contributed by atoms with Crippen LogP contribution in [0.3, 0.4) is 0 Å². The summed E-state index contributed by atoms with van der Waals surface area (Å²) in [5.74, 6) is 0.254. The van der Waals surface area contributed by atoms with Crippen molar-refractivity contribution in [1.82, 2.24) is 10.3 Å². The number of ether oxygens (including phenoxy) is 1. The van der Waals surface area contributed by atoms with Gasteiger partial charge < -0.3 is 15.4 Å². The Labute approximate surface area is 174 Å². The molecule has 0 radical (unpaired) electrons. The normalized spacial score (nSPS) is 12.0. The van der Waals surface area contributed by atoms with Gasteiger partial charge in [0.1, 0.15) is 11.8 Å². The third-order valence-electron chi connectivity index (χ3n) is 4.37. The highest BCUT2D eigenvalue weighted by molar-refractivity contribution is 7.22. The van der Waals surface area contributed by atoms with Crippen LogP contribution in [0.5, 0.6) is 5.75 Å². The first-order valence-electron chi connectivity index (χ1n) is 9.63. The monoisotopic (exact) mass is 411 g/mol. The first kappa shape index (κ1) is 20.8. The van der Waals surface area contributed by atoms with Gasteiger partial charge in [0, 0.05) is 0 Å². The molecule has 1 unspecified atom stereocenters. The second-order valence-electron chi connectivity index (χ2n) is 7.02. The molecule has 3 rings (SSSR count). The molecule has 0 saturated carbocycles. The molecule has 2 N–H and O–H groups in total. The lowest BCUT2D eigenvalue weighted by atomic mass is 10.0. The molecule has 0 aliphatic heterocycles. The minimum Gasteiger partial charge on any atom is -0.494 e. The van der Waals surface area contributed by atoms with E-state index in [0.29, 0.717) is 11.7 Å². The van der Waals surface area contributed by atoms with E-state index in [1.54, 1.807) is 0 Å². The summed E-state index contributed by atoms with van der Waals surface area (Å²) in [6, 6.07) is 14.5. The van der Waals surface area contributed by atoms with E-state index in [-0.39, 0.29) is 24.2 Å². The van der Waals surface area contributed by atoms with Crippen LogP contribution in [0.25, 0.3) is 10.2 Å². The SMILES string of the molecule is CCOc1ccc2nc(NC(=O)C(NC(=O)Cc3ccccc3)C(C)C)sc2c1. The number of anilines is 1. The van der Waals surface area contributed by atoms with Crippen molar-refractivity contribution >= 4 is 38.5 Å². The van der Waals surface area contributed by atoms with Crippen LogP contribution in [-0.2, 0) is 16.0 Å². The van der Waals surface area contributed by atoms with E-state index >= 15 is 0 Å². The molecule has 6 nitrogen and oxygen atoms in total. The van der Waals surface area contributed by atoms with Crippen molar-refractivity contribution in [3.8, 4) is 5.75 Å². The molecule has 0 aliphatic rings. The number of rotatable bonds is 8. The summed E-state index contributed by atoms with van der Waals surface area (Å²) < 4.78 is 6.44. The predicted octanol–water partition coefficient (Wildman–Crippen LogP) is 4.02. The van der Waals surface area contributed by atoms with Crippen molar-refractivity contribution in [2.45, 2.75) is 33.2 Å². The van der Waals surface area contributed by atoms with E-state index in [2.05, 4.69) is 15.6 Å². The van der Waals surface area contributed by atoms with Crippen LogP contribution < -0.4 is 15.4 Å². The Morgan fingerprint density at radius 1 is 1.14 bits per heavy atom. The maximum Gasteiger partial charge on any atom is 0.248 e. The molecular formula is C22H25N3O3S. The van der Waals surface area contributed by atoms with E-state index in [0.717, 1.165) is 21.5 Å². The van der Waals surface area contributed by atoms with Crippen molar-refractivity contribution in [3.05, 3.63) is 54.1 Å². The highest BCUT2D eigenvalue weighted by atomic mass is 32.1. The molecule has 2 aromatic carbocycles. The minimum atomic E-state index is -0.641. The van der Waals surface area contributed by atoms with Crippen LogP contribution in [0.4, 0.5) is 5.13 Å². The predicted molar refractivity (Wildman–Crippen MR) is 116 cm³/mol. The van der Waals surface area contributed by atoms with Crippen LogP contribution >= 0.6 is 11.3 Å². The molecule has 0 bridgehead atoms. The number of carbonyl (C=O) groups excluding carboxylic acids is 2. The number of fused-ring (bicyclic) bond motifs is 1. The van der Waals surface area contributed by atoms with Crippen LogP contribution in [0, 0.1) is 5.92 Å². The summed E-state index contributed by atoms with van der Waals surface area (Å²) in [6.07, 6.45) is 0.235. The molecule has 2 amide bonds. The molecule has 0 spiro atoms. The minimum absolute atomic E-state index is 0.0614. The number of amides is 2. The fourth-order valence-corrected chi connectivity index (χ4v) is 3.84. The second kappa shape index (κ2) is 9.52. The Hall–Kier alpha value is -2.93. The third-order valence-corrected chi connectivity index (χ3v) is 5.31. The molecule has 152 valence electrons. The van der Waals surface area contributed by atoms with Crippen molar-refractivity contribution in [2.24, 2.45) is 5.92 Å². The van der Waals surface area contributed by atoms with Crippen molar-refractivity contribution in [1.29, 1.82) is 0 Å². The van der Waals surface area contributed by atoms with Gasteiger partial charge >= 0.3 is 0 Å². The summed E-state index contributed by atoms with van der Waals surface area (Å²) in [6.45, 7) is 6.33. The number of benzene rings is 2. The van der Waals surface area contributed by atoms with Gasteiger partial charge in [0.15, 0.2) is 5.13 Å². The van der Waals surface area contributed by atoms with Gasteiger partial charge in [0.05, 0.1) is 23.2 Å².